The van der Waals surface area contributed by atoms with Gasteiger partial charge >= 0.3 is 0 Å². The molecule has 0 bridgehead atoms. The summed E-state index contributed by atoms with van der Waals surface area (Å²) in [7, 11) is 0. The van der Waals surface area contributed by atoms with Gasteiger partial charge in [-0.2, -0.15) is 0 Å². The van der Waals surface area contributed by atoms with Crippen LogP contribution in [-0.4, -0.2) is 48.9 Å². The Bertz CT molecular complexity index is 977. The van der Waals surface area contributed by atoms with Crippen LogP contribution in [0.5, 0.6) is 0 Å². The number of nitrogens with one attached hydrogen (secondary N) is 1. The Hall–Kier alpha value is -3.45. The third kappa shape index (κ3) is 3.64. The molecule has 3 amide bonds. The summed E-state index contributed by atoms with van der Waals surface area (Å²) in [5.41, 5.74) is 2.58. The second-order valence-corrected chi connectivity index (χ2v) is 6.86. The highest BCUT2D eigenvalue weighted by Gasteiger charge is 2.42. The molecule has 2 aromatic rings. The topological polar surface area (TPSA) is 79.0 Å². The van der Waals surface area contributed by atoms with E-state index in [-0.39, 0.29) is 17.7 Å². The van der Waals surface area contributed by atoms with Gasteiger partial charge in [0.25, 0.3) is 11.8 Å². The van der Waals surface area contributed by atoms with Gasteiger partial charge in [0.15, 0.2) is 0 Å². The second kappa shape index (κ2) is 7.89. The fourth-order valence-corrected chi connectivity index (χ4v) is 3.59. The molecule has 7 heteroatoms. The quantitative estimate of drug-likeness (QED) is 0.809. The molecular formula is C22H21N3O4. The van der Waals surface area contributed by atoms with Crippen molar-refractivity contribution in [1.29, 1.82) is 0 Å². The van der Waals surface area contributed by atoms with Crippen molar-refractivity contribution in [2.45, 2.75) is 6.92 Å². The number of carbonyl (C=O) groups excluding carboxylic acids is 3. The fraction of sp³-hybridized carbons (Fsp3) is 0.227. The van der Waals surface area contributed by atoms with Crippen LogP contribution in [0.4, 0.5) is 11.4 Å². The second-order valence-electron chi connectivity index (χ2n) is 6.86. The van der Waals surface area contributed by atoms with Crippen molar-refractivity contribution in [3.05, 3.63) is 65.9 Å². The molecule has 0 saturated carbocycles. The first kappa shape index (κ1) is 18.9. The average molecular weight is 391 g/mol. The lowest BCUT2D eigenvalue weighted by Crippen LogP contribution is -2.40. The molecule has 29 heavy (non-hydrogen) atoms. The molecule has 7 nitrogen and oxygen atoms in total. The molecule has 0 aliphatic carbocycles. The Balaban J connectivity index is 1.77. The number of ether oxygens (including phenoxy) is 1. The number of hydrogen-bond acceptors (Lipinski definition) is 5. The van der Waals surface area contributed by atoms with Gasteiger partial charge in [-0.05, 0) is 29.8 Å². The van der Waals surface area contributed by atoms with E-state index in [1.807, 2.05) is 11.0 Å². The Morgan fingerprint density at radius 3 is 2.21 bits per heavy atom. The standard InChI is InChI=1S/C22H21N3O4/c1-15(26)23-17-9-7-16(8-10-17)19-20(24-11-13-29-14-12-24)22(28)25(21(19)27)18-5-3-2-4-6-18/h2-10H,11-14H2,1H3,(H,23,26). The first-order chi connectivity index (χ1) is 14.1. The molecule has 0 spiro atoms. The van der Waals surface area contributed by atoms with Crippen molar-refractivity contribution in [2.75, 3.05) is 36.5 Å². The lowest BCUT2D eigenvalue weighted by molar-refractivity contribution is -0.121. The predicted octanol–water partition coefficient (Wildman–Crippen LogP) is 2.26. The van der Waals surface area contributed by atoms with Crippen LogP contribution in [0, 0.1) is 0 Å². The van der Waals surface area contributed by atoms with Gasteiger partial charge in [-0.25, -0.2) is 4.90 Å². The van der Waals surface area contributed by atoms with Gasteiger partial charge in [-0.1, -0.05) is 30.3 Å². The average Bonchev–Trinajstić information content (AvgIpc) is 2.99. The zero-order chi connectivity index (χ0) is 20.4. The van der Waals surface area contributed by atoms with Crippen molar-refractivity contribution < 1.29 is 19.1 Å². The number of hydrogen-bond donors (Lipinski definition) is 1. The van der Waals surface area contributed by atoms with Crippen molar-refractivity contribution in [3.8, 4) is 0 Å². The highest BCUT2D eigenvalue weighted by Crippen LogP contribution is 2.35. The van der Waals surface area contributed by atoms with E-state index < -0.39 is 0 Å². The molecule has 2 heterocycles. The van der Waals surface area contributed by atoms with Gasteiger partial charge in [-0.3, -0.25) is 14.4 Å². The highest BCUT2D eigenvalue weighted by atomic mass is 16.5. The van der Waals surface area contributed by atoms with E-state index in [2.05, 4.69) is 5.32 Å². The van der Waals surface area contributed by atoms with E-state index >= 15 is 0 Å². The number of morpholine rings is 1. The summed E-state index contributed by atoms with van der Waals surface area (Å²) in [4.78, 5) is 41.1. The van der Waals surface area contributed by atoms with Crippen LogP contribution < -0.4 is 10.2 Å². The minimum Gasteiger partial charge on any atom is -0.378 e. The molecular weight excluding hydrogens is 370 g/mol. The normalized spacial score (nSPS) is 17.1. The third-order valence-corrected chi connectivity index (χ3v) is 4.90. The van der Waals surface area contributed by atoms with Gasteiger partial charge < -0.3 is 15.0 Å². The van der Waals surface area contributed by atoms with Crippen LogP contribution in [0.25, 0.3) is 5.57 Å². The Morgan fingerprint density at radius 1 is 0.931 bits per heavy atom. The molecule has 1 N–H and O–H groups in total. The van der Waals surface area contributed by atoms with Gasteiger partial charge in [0.2, 0.25) is 5.91 Å². The van der Waals surface area contributed by atoms with E-state index in [9.17, 15) is 14.4 Å². The number of para-hydroxylation sites is 1. The molecule has 0 unspecified atom stereocenters. The van der Waals surface area contributed by atoms with Crippen LogP contribution in [0.1, 0.15) is 12.5 Å². The molecule has 2 aromatic carbocycles. The van der Waals surface area contributed by atoms with Crippen molar-refractivity contribution in [2.24, 2.45) is 0 Å². The van der Waals surface area contributed by atoms with E-state index in [4.69, 9.17) is 4.74 Å². The summed E-state index contributed by atoms with van der Waals surface area (Å²) < 4.78 is 5.41. The van der Waals surface area contributed by atoms with Crippen molar-refractivity contribution in [3.63, 3.8) is 0 Å². The summed E-state index contributed by atoms with van der Waals surface area (Å²) in [6, 6.07) is 15.9. The molecule has 1 fully saturated rings. The Morgan fingerprint density at radius 2 is 1.59 bits per heavy atom. The van der Waals surface area contributed by atoms with Gasteiger partial charge in [0.05, 0.1) is 24.5 Å². The summed E-state index contributed by atoms with van der Waals surface area (Å²) in [6.07, 6.45) is 0. The van der Waals surface area contributed by atoms with Crippen LogP contribution in [0.15, 0.2) is 60.3 Å². The summed E-state index contributed by atoms with van der Waals surface area (Å²) in [5.74, 6) is -0.854. The Labute approximate surface area is 168 Å². The van der Waals surface area contributed by atoms with Crippen LogP contribution in [-0.2, 0) is 19.1 Å². The monoisotopic (exact) mass is 391 g/mol. The maximum absolute atomic E-state index is 13.4. The SMILES string of the molecule is CC(=O)Nc1ccc(C2=C(N3CCOCC3)C(=O)N(c3ccccc3)C2=O)cc1. The first-order valence-corrected chi connectivity index (χ1v) is 9.45. The van der Waals surface area contributed by atoms with E-state index in [0.717, 1.165) is 0 Å². The first-order valence-electron chi connectivity index (χ1n) is 9.45. The molecule has 2 aliphatic heterocycles. The maximum Gasteiger partial charge on any atom is 0.282 e. The summed E-state index contributed by atoms with van der Waals surface area (Å²) >= 11 is 0. The minimum absolute atomic E-state index is 0.173. The zero-order valence-corrected chi connectivity index (χ0v) is 16.1. The third-order valence-electron chi connectivity index (χ3n) is 4.90. The zero-order valence-electron chi connectivity index (χ0n) is 16.1. The molecule has 2 aliphatic rings. The van der Waals surface area contributed by atoms with E-state index in [0.29, 0.717) is 54.5 Å². The van der Waals surface area contributed by atoms with Gasteiger partial charge in [0, 0.05) is 25.7 Å². The number of anilines is 2. The molecule has 0 aromatic heterocycles. The lowest BCUT2D eigenvalue weighted by Gasteiger charge is -2.29. The number of benzene rings is 2. The number of imide groups is 1. The molecule has 4 rings (SSSR count). The van der Waals surface area contributed by atoms with Crippen molar-refractivity contribution >= 4 is 34.7 Å². The molecule has 0 radical (unpaired) electrons. The number of nitrogens with zero attached hydrogens (tertiary/aromatic N) is 2. The van der Waals surface area contributed by atoms with Crippen LogP contribution >= 0.6 is 0 Å². The smallest absolute Gasteiger partial charge is 0.282 e. The van der Waals surface area contributed by atoms with Gasteiger partial charge in [-0.15, -0.1) is 0 Å². The summed E-state index contributed by atoms with van der Waals surface area (Å²) in [6.45, 7) is 3.54. The number of carbonyl (C=O) groups is 3. The maximum atomic E-state index is 13.4. The molecule has 1 saturated heterocycles. The molecule has 148 valence electrons. The lowest BCUT2D eigenvalue weighted by atomic mass is 10.0. The minimum atomic E-state index is -0.352. The van der Waals surface area contributed by atoms with Crippen LogP contribution in [0.2, 0.25) is 0 Å². The highest BCUT2D eigenvalue weighted by molar-refractivity contribution is 6.45. The van der Waals surface area contributed by atoms with Gasteiger partial charge in [0.1, 0.15) is 5.70 Å². The Kier molecular flexibility index (Phi) is 5.14. The van der Waals surface area contributed by atoms with Crippen LogP contribution in [0.3, 0.4) is 0 Å². The largest absolute Gasteiger partial charge is 0.378 e. The molecule has 0 atom stereocenters. The fourth-order valence-electron chi connectivity index (χ4n) is 3.59. The summed E-state index contributed by atoms with van der Waals surface area (Å²) in [5, 5.41) is 2.71. The number of amides is 3. The van der Waals surface area contributed by atoms with E-state index in [1.165, 1.54) is 11.8 Å². The van der Waals surface area contributed by atoms with E-state index in [1.54, 1.807) is 48.5 Å². The number of rotatable bonds is 4. The van der Waals surface area contributed by atoms with Crippen molar-refractivity contribution in [1.82, 2.24) is 4.90 Å². The predicted molar refractivity (Wildman–Crippen MR) is 109 cm³/mol.